The van der Waals surface area contributed by atoms with E-state index in [-0.39, 0.29) is 25.4 Å². The SMILES string of the molecule is OC(COc1cccc(OCC2CO2)c1)COc1cccc(OCC2CO2)c1. The van der Waals surface area contributed by atoms with Crippen molar-refractivity contribution in [3.05, 3.63) is 48.5 Å². The van der Waals surface area contributed by atoms with E-state index in [4.69, 9.17) is 28.4 Å². The molecule has 2 atom stereocenters. The summed E-state index contributed by atoms with van der Waals surface area (Å²) in [7, 11) is 0. The number of ether oxygens (including phenoxy) is 6. The van der Waals surface area contributed by atoms with E-state index < -0.39 is 6.10 Å². The van der Waals surface area contributed by atoms with E-state index in [1.54, 1.807) is 12.1 Å². The van der Waals surface area contributed by atoms with Crippen molar-refractivity contribution in [1.29, 1.82) is 0 Å². The minimum absolute atomic E-state index is 0.115. The third-order valence-corrected chi connectivity index (χ3v) is 4.17. The van der Waals surface area contributed by atoms with Crippen LogP contribution in [0.25, 0.3) is 0 Å². The number of hydrogen-bond donors (Lipinski definition) is 1. The predicted molar refractivity (Wildman–Crippen MR) is 100 cm³/mol. The first kappa shape index (κ1) is 18.9. The van der Waals surface area contributed by atoms with Crippen LogP contribution in [0.4, 0.5) is 0 Å². The van der Waals surface area contributed by atoms with Gasteiger partial charge in [0.05, 0.1) is 13.2 Å². The van der Waals surface area contributed by atoms with E-state index >= 15 is 0 Å². The van der Waals surface area contributed by atoms with Crippen molar-refractivity contribution in [2.24, 2.45) is 0 Å². The van der Waals surface area contributed by atoms with Crippen molar-refractivity contribution < 1.29 is 33.5 Å². The molecule has 2 aliphatic rings. The quantitative estimate of drug-likeness (QED) is 0.557. The highest BCUT2D eigenvalue weighted by atomic mass is 16.6. The highest BCUT2D eigenvalue weighted by molar-refractivity contribution is 5.34. The van der Waals surface area contributed by atoms with Gasteiger partial charge in [0.1, 0.15) is 67.7 Å². The first-order valence-electron chi connectivity index (χ1n) is 9.37. The van der Waals surface area contributed by atoms with Crippen LogP contribution in [0.2, 0.25) is 0 Å². The maximum Gasteiger partial charge on any atom is 0.123 e. The zero-order valence-electron chi connectivity index (χ0n) is 15.5. The molecule has 0 radical (unpaired) electrons. The lowest BCUT2D eigenvalue weighted by Crippen LogP contribution is -2.25. The van der Waals surface area contributed by atoms with Gasteiger partial charge >= 0.3 is 0 Å². The second-order valence-corrected chi connectivity index (χ2v) is 6.76. The van der Waals surface area contributed by atoms with Crippen molar-refractivity contribution in [3.63, 3.8) is 0 Å². The van der Waals surface area contributed by atoms with Gasteiger partial charge in [0.2, 0.25) is 0 Å². The second kappa shape index (κ2) is 9.14. The Kier molecular flexibility index (Phi) is 6.16. The third-order valence-electron chi connectivity index (χ3n) is 4.17. The molecule has 0 spiro atoms. The van der Waals surface area contributed by atoms with Crippen molar-refractivity contribution in [2.45, 2.75) is 18.3 Å². The van der Waals surface area contributed by atoms with Gasteiger partial charge in [0.25, 0.3) is 0 Å². The van der Waals surface area contributed by atoms with Gasteiger partial charge in [-0.15, -0.1) is 0 Å². The summed E-state index contributed by atoms with van der Waals surface area (Å²) in [5.74, 6) is 2.69. The number of epoxide rings is 2. The Labute approximate surface area is 163 Å². The fourth-order valence-corrected chi connectivity index (χ4v) is 2.45. The van der Waals surface area contributed by atoms with Crippen LogP contribution >= 0.6 is 0 Å². The Bertz CT molecular complexity index is 694. The highest BCUT2D eigenvalue weighted by Gasteiger charge is 2.23. The molecule has 4 rings (SSSR count). The smallest absolute Gasteiger partial charge is 0.123 e. The Morgan fingerprint density at radius 1 is 0.750 bits per heavy atom. The molecule has 28 heavy (non-hydrogen) atoms. The predicted octanol–water partition coefficient (Wildman–Crippen LogP) is 2.06. The Hall–Kier alpha value is -2.48. The molecule has 2 aliphatic heterocycles. The van der Waals surface area contributed by atoms with Gasteiger partial charge < -0.3 is 33.5 Å². The van der Waals surface area contributed by atoms with Crippen molar-refractivity contribution in [1.82, 2.24) is 0 Å². The summed E-state index contributed by atoms with van der Waals surface area (Å²) in [6, 6.07) is 14.6. The number of benzene rings is 2. The molecule has 2 saturated heterocycles. The van der Waals surface area contributed by atoms with Gasteiger partial charge in [-0.1, -0.05) is 12.1 Å². The number of rotatable bonds is 12. The monoisotopic (exact) mass is 388 g/mol. The maximum atomic E-state index is 10.1. The van der Waals surface area contributed by atoms with Crippen LogP contribution in [0.15, 0.2) is 48.5 Å². The van der Waals surface area contributed by atoms with E-state index in [0.717, 1.165) is 13.2 Å². The lowest BCUT2D eigenvalue weighted by Gasteiger charge is -2.15. The summed E-state index contributed by atoms with van der Waals surface area (Å²) < 4.78 is 32.8. The molecule has 2 unspecified atom stereocenters. The molecule has 7 nitrogen and oxygen atoms in total. The molecule has 0 aromatic heterocycles. The summed E-state index contributed by atoms with van der Waals surface area (Å²) in [5, 5.41) is 10.1. The van der Waals surface area contributed by atoms with E-state index in [1.807, 2.05) is 36.4 Å². The number of hydrogen-bond acceptors (Lipinski definition) is 7. The van der Waals surface area contributed by atoms with Crippen LogP contribution in [-0.4, -0.2) is 63.1 Å². The molecule has 2 aromatic carbocycles. The number of aliphatic hydroxyl groups excluding tert-OH is 1. The van der Waals surface area contributed by atoms with Crippen LogP contribution in [0.3, 0.4) is 0 Å². The van der Waals surface area contributed by atoms with Crippen molar-refractivity contribution in [3.8, 4) is 23.0 Å². The average Bonchev–Trinajstić information content (AvgIpc) is 3.63. The molecule has 0 amide bonds. The normalized spacial score (nSPS) is 20.9. The summed E-state index contributed by atoms with van der Waals surface area (Å²) >= 11 is 0. The summed E-state index contributed by atoms with van der Waals surface area (Å²) in [6.07, 6.45) is -0.363. The van der Waals surface area contributed by atoms with E-state index in [2.05, 4.69) is 0 Å². The number of aliphatic hydroxyl groups is 1. The molecule has 0 aliphatic carbocycles. The molecule has 7 heteroatoms. The Morgan fingerprint density at radius 3 is 1.54 bits per heavy atom. The van der Waals surface area contributed by atoms with E-state index in [9.17, 15) is 5.11 Å². The van der Waals surface area contributed by atoms with Gasteiger partial charge in [0.15, 0.2) is 0 Å². The standard InChI is InChI=1S/C21H24O7/c22-15(9-23-16-3-1-5-18(7-16)25-11-20-13-27-20)10-24-17-4-2-6-19(8-17)26-12-21-14-28-21/h1-8,15,20-22H,9-14H2. The van der Waals surface area contributed by atoms with Gasteiger partial charge in [-0.25, -0.2) is 0 Å². The Morgan fingerprint density at radius 2 is 1.14 bits per heavy atom. The maximum absolute atomic E-state index is 10.1. The summed E-state index contributed by atoms with van der Waals surface area (Å²) in [5.41, 5.74) is 0. The van der Waals surface area contributed by atoms with Crippen LogP contribution in [-0.2, 0) is 9.47 Å². The van der Waals surface area contributed by atoms with Gasteiger partial charge in [-0.3, -0.25) is 0 Å². The van der Waals surface area contributed by atoms with Crippen LogP contribution < -0.4 is 18.9 Å². The van der Waals surface area contributed by atoms with Gasteiger partial charge in [-0.05, 0) is 24.3 Å². The van der Waals surface area contributed by atoms with Gasteiger partial charge in [-0.2, -0.15) is 0 Å². The second-order valence-electron chi connectivity index (χ2n) is 6.76. The van der Waals surface area contributed by atoms with Crippen molar-refractivity contribution in [2.75, 3.05) is 39.6 Å². The largest absolute Gasteiger partial charge is 0.491 e. The van der Waals surface area contributed by atoms with Crippen LogP contribution in [0.1, 0.15) is 0 Å². The molecule has 2 aromatic rings. The molecule has 0 saturated carbocycles. The third kappa shape index (κ3) is 6.30. The zero-order chi connectivity index (χ0) is 19.2. The van der Waals surface area contributed by atoms with E-state index in [0.29, 0.717) is 36.2 Å². The molecular weight excluding hydrogens is 364 g/mol. The van der Waals surface area contributed by atoms with Crippen molar-refractivity contribution >= 4 is 0 Å². The topological polar surface area (TPSA) is 82.2 Å². The Balaban J connectivity index is 1.18. The average molecular weight is 388 g/mol. The summed E-state index contributed by atoms with van der Waals surface area (Å²) in [6.45, 7) is 2.82. The fraction of sp³-hybridized carbons (Fsp3) is 0.429. The lowest BCUT2D eigenvalue weighted by molar-refractivity contribution is 0.0624. The summed E-state index contributed by atoms with van der Waals surface area (Å²) in [4.78, 5) is 0. The minimum atomic E-state index is -0.770. The molecule has 0 bridgehead atoms. The lowest BCUT2D eigenvalue weighted by atomic mass is 10.3. The minimum Gasteiger partial charge on any atom is -0.491 e. The first-order valence-corrected chi connectivity index (χ1v) is 9.37. The van der Waals surface area contributed by atoms with E-state index in [1.165, 1.54) is 0 Å². The first-order chi connectivity index (χ1) is 13.7. The molecular formula is C21H24O7. The molecule has 2 heterocycles. The van der Waals surface area contributed by atoms with Gasteiger partial charge in [0, 0.05) is 12.1 Å². The molecule has 1 N–H and O–H groups in total. The highest BCUT2D eigenvalue weighted by Crippen LogP contribution is 2.22. The van der Waals surface area contributed by atoms with Crippen LogP contribution in [0.5, 0.6) is 23.0 Å². The molecule has 2 fully saturated rings. The molecule has 150 valence electrons. The zero-order valence-corrected chi connectivity index (χ0v) is 15.5. The van der Waals surface area contributed by atoms with Crippen LogP contribution in [0, 0.1) is 0 Å². The fourth-order valence-electron chi connectivity index (χ4n) is 2.45.